The van der Waals surface area contributed by atoms with Crippen LogP contribution in [0.15, 0.2) is 59.2 Å². The van der Waals surface area contributed by atoms with E-state index >= 15 is 0 Å². The zero-order valence-corrected chi connectivity index (χ0v) is 17.4. The van der Waals surface area contributed by atoms with Crippen molar-refractivity contribution < 1.29 is 9.53 Å². The van der Waals surface area contributed by atoms with E-state index in [1.165, 1.54) is 22.2 Å². The molecule has 0 bridgehead atoms. The van der Waals surface area contributed by atoms with Crippen molar-refractivity contribution in [2.75, 3.05) is 7.11 Å². The van der Waals surface area contributed by atoms with Gasteiger partial charge < -0.3 is 14.6 Å². The third kappa shape index (κ3) is 3.97. The molecule has 0 aliphatic rings. The van der Waals surface area contributed by atoms with Crippen LogP contribution in [0.3, 0.4) is 0 Å². The molecule has 3 heterocycles. The Bertz CT molecular complexity index is 1240. The monoisotopic (exact) mass is 423 g/mol. The molecule has 0 saturated heterocycles. The molecule has 30 heavy (non-hydrogen) atoms. The van der Waals surface area contributed by atoms with Crippen LogP contribution in [-0.2, 0) is 18.4 Å². The van der Waals surface area contributed by atoms with E-state index < -0.39 is 6.04 Å². The van der Waals surface area contributed by atoms with Gasteiger partial charge in [-0.05, 0) is 29.1 Å². The van der Waals surface area contributed by atoms with Crippen molar-refractivity contribution in [1.82, 2.24) is 24.4 Å². The largest absolute Gasteiger partial charge is 0.497 e. The lowest BCUT2D eigenvalue weighted by molar-refractivity contribution is -0.121. The highest BCUT2D eigenvalue weighted by Gasteiger charge is 2.21. The van der Waals surface area contributed by atoms with Crippen LogP contribution in [0.5, 0.6) is 5.75 Å². The van der Waals surface area contributed by atoms with Gasteiger partial charge >= 0.3 is 0 Å². The minimum Gasteiger partial charge on any atom is -0.497 e. The zero-order chi connectivity index (χ0) is 21.1. The number of thiophene rings is 1. The number of hydrogen-bond donors (Lipinski definition) is 1. The van der Waals surface area contributed by atoms with E-state index in [2.05, 4.69) is 15.3 Å². The van der Waals surface area contributed by atoms with E-state index in [9.17, 15) is 9.59 Å². The number of aryl methyl sites for hydroxylation is 2. The standard InChI is InChI=1S/C21H21N5O3S/c1-25-10-8-22-19(25)18(14-4-3-5-15(12-14)29-2)24-17(27)6-9-26-13-23-20-16(21(26)28)7-11-30-20/h3-5,7-8,10-13,18H,6,9H2,1-2H3,(H,24,27)/t18-/m1/s1. The lowest BCUT2D eigenvalue weighted by Crippen LogP contribution is -2.32. The summed E-state index contributed by atoms with van der Waals surface area (Å²) in [7, 11) is 3.48. The van der Waals surface area contributed by atoms with Crippen molar-refractivity contribution in [3.05, 3.63) is 76.2 Å². The summed E-state index contributed by atoms with van der Waals surface area (Å²) >= 11 is 1.42. The molecule has 4 aromatic rings. The number of nitrogens with one attached hydrogen (secondary N) is 1. The van der Waals surface area contributed by atoms with Gasteiger partial charge in [-0.2, -0.15) is 0 Å². The molecule has 1 N–H and O–H groups in total. The maximum absolute atomic E-state index is 12.8. The topological polar surface area (TPSA) is 91.0 Å². The Morgan fingerprint density at radius 2 is 2.17 bits per heavy atom. The maximum atomic E-state index is 12.8. The molecule has 154 valence electrons. The Labute approximate surface area is 176 Å². The molecule has 0 aliphatic heterocycles. The van der Waals surface area contributed by atoms with Crippen LogP contribution in [0, 0.1) is 0 Å². The summed E-state index contributed by atoms with van der Waals surface area (Å²) in [6, 6.07) is 8.82. The number of nitrogens with zero attached hydrogens (tertiary/aromatic N) is 4. The van der Waals surface area contributed by atoms with Crippen molar-refractivity contribution >= 4 is 27.5 Å². The SMILES string of the molecule is COc1cccc([C@@H](NC(=O)CCn2cnc3sccc3c2=O)c2nccn2C)c1. The van der Waals surface area contributed by atoms with Gasteiger partial charge in [-0.15, -0.1) is 11.3 Å². The molecule has 0 radical (unpaired) electrons. The molecular formula is C21H21N5O3S. The number of methoxy groups -OCH3 is 1. The zero-order valence-electron chi connectivity index (χ0n) is 16.6. The molecule has 8 nitrogen and oxygen atoms in total. The second kappa shape index (κ2) is 8.50. The fourth-order valence-electron chi connectivity index (χ4n) is 3.28. The van der Waals surface area contributed by atoms with Crippen LogP contribution >= 0.6 is 11.3 Å². The normalized spacial score (nSPS) is 12.1. The van der Waals surface area contributed by atoms with Gasteiger partial charge in [-0.1, -0.05) is 12.1 Å². The van der Waals surface area contributed by atoms with E-state index in [1.54, 1.807) is 19.4 Å². The first-order chi connectivity index (χ1) is 14.6. The number of aromatic nitrogens is 4. The predicted molar refractivity (Wildman–Crippen MR) is 115 cm³/mol. The maximum Gasteiger partial charge on any atom is 0.262 e. The van der Waals surface area contributed by atoms with Gasteiger partial charge in [0.15, 0.2) is 0 Å². The number of benzene rings is 1. The van der Waals surface area contributed by atoms with E-state index in [-0.39, 0.29) is 24.4 Å². The van der Waals surface area contributed by atoms with Crippen molar-refractivity contribution in [3.63, 3.8) is 0 Å². The molecule has 0 spiro atoms. The highest BCUT2D eigenvalue weighted by atomic mass is 32.1. The predicted octanol–water partition coefficient (Wildman–Crippen LogP) is 2.50. The fourth-order valence-corrected chi connectivity index (χ4v) is 4.00. The first-order valence-corrected chi connectivity index (χ1v) is 10.3. The Hall–Kier alpha value is -3.46. The van der Waals surface area contributed by atoms with Crippen LogP contribution in [0.1, 0.15) is 23.9 Å². The smallest absolute Gasteiger partial charge is 0.262 e. The van der Waals surface area contributed by atoms with Gasteiger partial charge in [0, 0.05) is 32.4 Å². The fraction of sp³-hybridized carbons (Fsp3) is 0.238. The van der Waals surface area contributed by atoms with Gasteiger partial charge in [0.05, 0.1) is 18.8 Å². The molecule has 4 rings (SSSR count). The van der Waals surface area contributed by atoms with Gasteiger partial charge in [0.1, 0.15) is 22.4 Å². The molecule has 1 amide bonds. The van der Waals surface area contributed by atoms with Gasteiger partial charge in [-0.3, -0.25) is 14.2 Å². The molecule has 1 aromatic carbocycles. The van der Waals surface area contributed by atoms with Gasteiger partial charge in [0.25, 0.3) is 5.56 Å². The molecule has 0 aliphatic carbocycles. The van der Waals surface area contributed by atoms with Gasteiger partial charge in [-0.25, -0.2) is 9.97 Å². The number of carbonyl (C=O) groups excluding carboxylic acids is 1. The molecule has 0 fully saturated rings. The number of carbonyl (C=O) groups is 1. The number of hydrogen-bond acceptors (Lipinski definition) is 6. The van der Waals surface area contributed by atoms with E-state index in [0.29, 0.717) is 21.8 Å². The highest BCUT2D eigenvalue weighted by molar-refractivity contribution is 7.16. The third-order valence-electron chi connectivity index (χ3n) is 4.88. The quantitative estimate of drug-likeness (QED) is 0.493. The minimum atomic E-state index is -0.443. The first kappa shape index (κ1) is 19.8. The number of amides is 1. The molecule has 1 atom stereocenters. The van der Waals surface area contributed by atoms with E-state index in [4.69, 9.17) is 4.74 Å². The molecule has 0 saturated carbocycles. The van der Waals surface area contributed by atoms with Crippen molar-refractivity contribution in [1.29, 1.82) is 0 Å². The van der Waals surface area contributed by atoms with Crippen LogP contribution in [0.25, 0.3) is 10.2 Å². The lowest BCUT2D eigenvalue weighted by Gasteiger charge is -2.20. The molecular weight excluding hydrogens is 402 g/mol. The van der Waals surface area contributed by atoms with Crippen molar-refractivity contribution in [3.8, 4) is 5.75 Å². The summed E-state index contributed by atoms with van der Waals surface area (Å²) in [6.07, 6.45) is 5.15. The first-order valence-electron chi connectivity index (χ1n) is 9.40. The third-order valence-corrected chi connectivity index (χ3v) is 5.70. The average Bonchev–Trinajstić information content (AvgIpc) is 3.41. The Morgan fingerprint density at radius 3 is 2.93 bits per heavy atom. The lowest BCUT2D eigenvalue weighted by atomic mass is 10.1. The summed E-state index contributed by atoms with van der Waals surface area (Å²) in [4.78, 5) is 34.7. The molecule has 3 aromatic heterocycles. The van der Waals surface area contributed by atoms with Gasteiger partial charge in [0.2, 0.25) is 5.91 Å². The number of imidazole rings is 1. The average molecular weight is 423 g/mol. The van der Waals surface area contributed by atoms with Crippen LogP contribution < -0.4 is 15.6 Å². The van der Waals surface area contributed by atoms with Crippen molar-refractivity contribution in [2.45, 2.75) is 19.0 Å². The van der Waals surface area contributed by atoms with E-state index in [1.807, 2.05) is 47.5 Å². The number of rotatable bonds is 7. The summed E-state index contributed by atoms with van der Waals surface area (Å²) < 4.78 is 8.65. The summed E-state index contributed by atoms with van der Waals surface area (Å²) in [5.41, 5.74) is 0.720. The second-order valence-electron chi connectivity index (χ2n) is 6.81. The molecule has 0 unspecified atom stereocenters. The van der Waals surface area contributed by atoms with Crippen LogP contribution in [0.2, 0.25) is 0 Å². The summed E-state index contributed by atoms with van der Waals surface area (Å²) in [5.74, 6) is 1.21. The highest BCUT2D eigenvalue weighted by Crippen LogP contribution is 2.24. The summed E-state index contributed by atoms with van der Waals surface area (Å²) in [6.45, 7) is 0.245. The Kier molecular flexibility index (Phi) is 5.62. The number of fused-ring (bicyclic) bond motifs is 1. The number of ether oxygens (including phenoxy) is 1. The minimum absolute atomic E-state index is 0.137. The second-order valence-corrected chi connectivity index (χ2v) is 7.70. The van der Waals surface area contributed by atoms with Crippen molar-refractivity contribution in [2.24, 2.45) is 7.05 Å². The Balaban J connectivity index is 1.53. The summed E-state index contributed by atoms with van der Waals surface area (Å²) in [5, 5.41) is 5.45. The molecule has 9 heteroatoms. The van der Waals surface area contributed by atoms with Crippen LogP contribution in [0.4, 0.5) is 0 Å². The Morgan fingerprint density at radius 1 is 1.30 bits per heavy atom. The van der Waals surface area contributed by atoms with Crippen LogP contribution in [-0.4, -0.2) is 32.1 Å². The van der Waals surface area contributed by atoms with E-state index in [0.717, 1.165) is 5.56 Å².